The molecule has 1 aromatic heterocycles. The van der Waals surface area contributed by atoms with Crippen molar-refractivity contribution in [1.29, 1.82) is 5.26 Å². The van der Waals surface area contributed by atoms with Gasteiger partial charge in [-0.1, -0.05) is 0 Å². The standard InChI is InChI=1S/C10H11N3O/c11-4-7-3-8(5-12)13-6-10(7)14-9-1-2-9/h3,6,9H,1-2,4,11H2. The molecule has 4 heteroatoms. The summed E-state index contributed by atoms with van der Waals surface area (Å²) in [6.45, 7) is 0.374. The molecule has 1 saturated carbocycles. The molecule has 0 aliphatic heterocycles. The predicted octanol–water partition coefficient (Wildman–Crippen LogP) is 0.953. The molecule has 0 saturated heterocycles. The van der Waals surface area contributed by atoms with E-state index in [2.05, 4.69) is 4.98 Å². The van der Waals surface area contributed by atoms with Gasteiger partial charge in [0.05, 0.1) is 12.3 Å². The highest BCUT2D eigenvalue weighted by molar-refractivity contribution is 5.36. The Kier molecular flexibility index (Phi) is 2.33. The summed E-state index contributed by atoms with van der Waals surface area (Å²) >= 11 is 0. The van der Waals surface area contributed by atoms with Gasteiger partial charge in [0.2, 0.25) is 0 Å². The van der Waals surface area contributed by atoms with Crippen LogP contribution in [0.2, 0.25) is 0 Å². The quantitative estimate of drug-likeness (QED) is 0.768. The summed E-state index contributed by atoms with van der Waals surface area (Å²) in [5.41, 5.74) is 6.79. The molecule has 4 nitrogen and oxygen atoms in total. The molecule has 2 rings (SSSR count). The van der Waals surface area contributed by atoms with Gasteiger partial charge in [-0.3, -0.25) is 0 Å². The zero-order chi connectivity index (χ0) is 9.97. The molecule has 0 radical (unpaired) electrons. The Balaban J connectivity index is 2.25. The summed E-state index contributed by atoms with van der Waals surface area (Å²) < 4.78 is 5.59. The molecule has 14 heavy (non-hydrogen) atoms. The third kappa shape index (κ3) is 1.83. The van der Waals surface area contributed by atoms with Gasteiger partial charge in [-0.05, 0) is 18.9 Å². The maximum Gasteiger partial charge on any atom is 0.142 e. The van der Waals surface area contributed by atoms with Crippen molar-refractivity contribution in [2.45, 2.75) is 25.5 Å². The molecule has 1 aromatic rings. The monoisotopic (exact) mass is 189 g/mol. The second-order valence-corrected chi connectivity index (χ2v) is 3.31. The van der Waals surface area contributed by atoms with E-state index < -0.39 is 0 Å². The molecule has 1 aliphatic rings. The molecule has 2 N–H and O–H groups in total. The number of hydrogen-bond donors (Lipinski definition) is 1. The van der Waals surface area contributed by atoms with Gasteiger partial charge in [-0.2, -0.15) is 5.26 Å². The summed E-state index contributed by atoms with van der Waals surface area (Å²) in [6.07, 6.45) is 4.11. The van der Waals surface area contributed by atoms with Gasteiger partial charge in [0.1, 0.15) is 17.5 Å². The van der Waals surface area contributed by atoms with Gasteiger partial charge in [-0.25, -0.2) is 4.98 Å². The molecule has 0 spiro atoms. The van der Waals surface area contributed by atoms with E-state index in [0.717, 1.165) is 18.4 Å². The van der Waals surface area contributed by atoms with Gasteiger partial charge < -0.3 is 10.5 Å². The Labute approximate surface area is 82.3 Å². The first-order valence-electron chi connectivity index (χ1n) is 4.59. The zero-order valence-corrected chi connectivity index (χ0v) is 7.73. The van der Waals surface area contributed by atoms with E-state index in [0.29, 0.717) is 24.1 Å². The highest BCUT2D eigenvalue weighted by Crippen LogP contribution is 2.28. The number of ether oxygens (including phenoxy) is 1. The summed E-state index contributed by atoms with van der Waals surface area (Å²) in [5, 5.41) is 8.65. The largest absolute Gasteiger partial charge is 0.488 e. The molecule has 0 aromatic carbocycles. The minimum Gasteiger partial charge on any atom is -0.488 e. The number of nitrogens with two attached hydrogens (primary N) is 1. The molecule has 72 valence electrons. The Bertz CT molecular complexity index is 379. The van der Waals surface area contributed by atoms with E-state index in [-0.39, 0.29) is 0 Å². The maximum absolute atomic E-state index is 8.65. The first-order valence-corrected chi connectivity index (χ1v) is 4.59. The fourth-order valence-electron chi connectivity index (χ4n) is 1.18. The summed E-state index contributed by atoms with van der Waals surface area (Å²) in [6, 6.07) is 3.65. The van der Waals surface area contributed by atoms with Gasteiger partial charge >= 0.3 is 0 Å². The lowest BCUT2D eigenvalue weighted by Crippen LogP contribution is -2.05. The van der Waals surface area contributed by atoms with E-state index in [1.54, 1.807) is 12.3 Å². The van der Waals surface area contributed by atoms with Crippen LogP contribution in [0.25, 0.3) is 0 Å². The molecule has 0 amide bonds. The van der Waals surface area contributed by atoms with E-state index in [1.165, 1.54) is 0 Å². The minimum absolute atomic E-state index is 0.329. The Morgan fingerprint density at radius 1 is 1.64 bits per heavy atom. The average molecular weight is 189 g/mol. The molecule has 1 fully saturated rings. The van der Waals surface area contributed by atoms with Gasteiger partial charge in [0.25, 0.3) is 0 Å². The topological polar surface area (TPSA) is 71.9 Å². The first-order chi connectivity index (χ1) is 6.83. The van der Waals surface area contributed by atoms with Crippen LogP contribution in [0.4, 0.5) is 0 Å². The van der Waals surface area contributed by atoms with E-state index in [4.69, 9.17) is 15.7 Å². The number of pyridine rings is 1. The third-order valence-corrected chi connectivity index (χ3v) is 2.10. The molecular formula is C10H11N3O. The molecule has 0 atom stereocenters. The number of rotatable bonds is 3. The maximum atomic E-state index is 8.65. The van der Waals surface area contributed by atoms with Crippen molar-refractivity contribution in [3.05, 3.63) is 23.5 Å². The molecular weight excluding hydrogens is 178 g/mol. The Hall–Kier alpha value is -1.60. The fourth-order valence-corrected chi connectivity index (χ4v) is 1.18. The second-order valence-electron chi connectivity index (χ2n) is 3.31. The smallest absolute Gasteiger partial charge is 0.142 e. The number of aromatic nitrogens is 1. The van der Waals surface area contributed by atoms with Crippen molar-refractivity contribution >= 4 is 0 Å². The lowest BCUT2D eigenvalue weighted by molar-refractivity contribution is 0.298. The van der Waals surface area contributed by atoms with Crippen LogP contribution < -0.4 is 10.5 Å². The van der Waals surface area contributed by atoms with Crippen LogP contribution in [0.3, 0.4) is 0 Å². The van der Waals surface area contributed by atoms with Crippen molar-refractivity contribution in [1.82, 2.24) is 4.98 Å². The zero-order valence-electron chi connectivity index (χ0n) is 7.73. The second kappa shape index (κ2) is 3.64. The Morgan fingerprint density at radius 2 is 2.43 bits per heavy atom. The molecule has 1 heterocycles. The van der Waals surface area contributed by atoms with Crippen LogP contribution in [0.1, 0.15) is 24.1 Å². The van der Waals surface area contributed by atoms with Gasteiger partial charge in [0, 0.05) is 12.1 Å². The van der Waals surface area contributed by atoms with Crippen LogP contribution in [0, 0.1) is 11.3 Å². The lowest BCUT2D eigenvalue weighted by Gasteiger charge is -2.08. The van der Waals surface area contributed by atoms with E-state index in [9.17, 15) is 0 Å². The fraction of sp³-hybridized carbons (Fsp3) is 0.400. The normalized spacial score (nSPS) is 14.9. The van der Waals surface area contributed by atoms with Crippen molar-refractivity contribution in [3.63, 3.8) is 0 Å². The van der Waals surface area contributed by atoms with Gasteiger partial charge in [0.15, 0.2) is 0 Å². The van der Waals surface area contributed by atoms with Crippen molar-refractivity contribution in [2.24, 2.45) is 5.73 Å². The summed E-state index contributed by atoms with van der Waals surface area (Å²) in [5.74, 6) is 0.717. The van der Waals surface area contributed by atoms with E-state index >= 15 is 0 Å². The number of nitriles is 1. The summed E-state index contributed by atoms with van der Waals surface area (Å²) in [7, 11) is 0. The first kappa shape index (κ1) is 8.97. The molecule has 0 unspecified atom stereocenters. The third-order valence-electron chi connectivity index (χ3n) is 2.10. The lowest BCUT2D eigenvalue weighted by atomic mass is 10.2. The van der Waals surface area contributed by atoms with Gasteiger partial charge in [-0.15, -0.1) is 0 Å². The predicted molar refractivity (Wildman–Crippen MR) is 50.5 cm³/mol. The van der Waals surface area contributed by atoms with Crippen LogP contribution in [-0.4, -0.2) is 11.1 Å². The van der Waals surface area contributed by atoms with E-state index in [1.807, 2.05) is 6.07 Å². The highest BCUT2D eigenvalue weighted by atomic mass is 16.5. The van der Waals surface area contributed by atoms with Crippen LogP contribution in [0.15, 0.2) is 12.3 Å². The van der Waals surface area contributed by atoms with Crippen molar-refractivity contribution < 1.29 is 4.74 Å². The molecule has 0 bridgehead atoms. The molecule has 1 aliphatic carbocycles. The number of nitrogens with zero attached hydrogens (tertiary/aromatic N) is 2. The van der Waals surface area contributed by atoms with Crippen LogP contribution in [0.5, 0.6) is 5.75 Å². The van der Waals surface area contributed by atoms with Crippen molar-refractivity contribution in [3.8, 4) is 11.8 Å². The van der Waals surface area contributed by atoms with Crippen LogP contribution >= 0.6 is 0 Å². The van der Waals surface area contributed by atoms with Crippen molar-refractivity contribution in [2.75, 3.05) is 0 Å². The summed E-state index contributed by atoms with van der Waals surface area (Å²) in [4.78, 5) is 3.94. The highest BCUT2D eigenvalue weighted by Gasteiger charge is 2.24. The SMILES string of the molecule is N#Cc1cc(CN)c(OC2CC2)cn1. The Morgan fingerprint density at radius 3 is 3.00 bits per heavy atom. The average Bonchev–Trinajstić information content (AvgIpc) is 3.02. The number of hydrogen-bond acceptors (Lipinski definition) is 4. The van der Waals surface area contributed by atoms with Crippen LogP contribution in [-0.2, 0) is 6.54 Å². The minimum atomic E-state index is 0.329.